The fourth-order valence-electron chi connectivity index (χ4n) is 2.10. The predicted octanol–water partition coefficient (Wildman–Crippen LogP) is 0.755. The summed E-state index contributed by atoms with van der Waals surface area (Å²) in [5, 5.41) is 7.51. The Kier molecular flexibility index (Phi) is 0.762. The first-order valence-corrected chi connectivity index (χ1v) is 3.50. The van der Waals surface area contributed by atoms with E-state index in [-0.39, 0.29) is 0 Å². The molecular formula is C7H13O+. The summed E-state index contributed by atoms with van der Waals surface area (Å²) in [7, 11) is 0. The monoisotopic (exact) mass is 113 g/mol. The van der Waals surface area contributed by atoms with Crippen molar-refractivity contribution in [3.63, 3.8) is 0 Å². The molecule has 2 aliphatic carbocycles. The molecule has 0 aromatic carbocycles. The van der Waals surface area contributed by atoms with Crippen LogP contribution in [0, 0.1) is 17.8 Å². The lowest BCUT2D eigenvalue weighted by molar-refractivity contribution is 0.153. The van der Waals surface area contributed by atoms with E-state index in [1.54, 1.807) is 0 Å². The molecule has 2 aliphatic rings. The average molecular weight is 113 g/mol. The van der Waals surface area contributed by atoms with Crippen LogP contribution in [0.4, 0.5) is 0 Å². The van der Waals surface area contributed by atoms with E-state index >= 15 is 0 Å². The third-order valence-electron chi connectivity index (χ3n) is 2.76. The molecule has 0 aromatic heterocycles. The molecule has 0 bridgehead atoms. The minimum Gasteiger partial charge on any atom is -0.443 e. The van der Waals surface area contributed by atoms with E-state index in [0.29, 0.717) is 6.10 Å². The van der Waals surface area contributed by atoms with Gasteiger partial charge in [-0.1, -0.05) is 6.92 Å². The normalized spacial score (nSPS) is 60.8. The van der Waals surface area contributed by atoms with Crippen molar-refractivity contribution in [3.05, 3.63) is 0 Å². The zero-order valence-electron chi connectivity index (χ0n) is 5.22. The van der Waals surface area contributed by atoms with Crippen LogP contribution in [0.5, 0.6) is 0 Å². The van der Waals surface area contributed by atoms with Gasteiger partial charge in [-0.05, 0) is 18.3 Å². The van der Waals surface area contributed by atoms with E-state index in [1.165, 1.54) is 12.8 Å². The second kappa shape index (κ2) is 1.27. The van der Waals surface area contributed by atoms with Crippen molar-refractivity contribution >= 4 is 0 Å². The maximum Gasteiger partial charge on any atom is 0.157 e. The molecule has 0 spiro atoms. The van der Waals surface area contributed by atoms with Gasteiger partial charge in [0.05, 0.1) is 0 Å². The predicted molar refractivity (Wildman–Crippen MR) is 32.8 cm³/mol. The Hall–Kier alpha value is -0.0400. The Morgan fingerprint density at radius 2 is 2.00 bits per heavy atom. The maximum absolute atomic E-state index is 7.51. The van der Waals surface area contributed by atoms with Gasteiger partial charge >= 0.3 is 0 Å². The summed E-state index contributed by atoms with van der Waals surface area (Å²) >= 11 is 0. The van der Waals surface area contributed by atoms with Crippen LogP contribution in [0.15, 0.2) is 0 Å². The average Bonchev–Trinajstić information content (AvgIpc) is 2.35. The standard InChI is InChI=1S/C7H12O/c1-4-2-7(8)6-3-5(4)6/h4-8H,2-3H2,1H3/p+1/t4-,5?,6?,7?/m0/s1. The number of hydrogen-bond acceptors (Lipinski definition) is 0. The highest BCUT2D eigenvalue weighted by Gasteiger charge is 2.54. The lowest BCUT2D eigenvalue weighted by Gasteiger charge is -2.01. The van der Waals surface area contributed by atoms with Crippen molar-refractivity contribution < 1.29 is 5.11 Å². The molecule has 0 saturated heterocycles. The van der Waals surface area contributed by atoms with Crippen molar-refractivity contribution in [3.8, 4) is 0 Å². The summed E-state index contributed by atoms with van der Waals surface area (Å²) in [6.45, 7) is 2.29. The van der Waals surface area contributed by atoms with Crippen molar-refractivity contribution in [2.45, 2.75) is 25.9 Å². The zero-order chi connectivity index (χ0) is 5.72. The first-order chi connectivity index (χ1) is 3.79. The second-order valence-electron chi connectivity index (χ2n) is 3.38. The molecular weight excluding hydrogens is 100 g/mol. The highest BCUT2D eigenvalue weighted by molar-refractivity contribution is 5.01. The molecule has 2 rings (SSSR count). The third kappa shape index (κ3) is 0.455. The van der Waals surface area contributed by atoms with Gasteiger partial charge in [0.25, 0.3) is 0 Å². The fourth-order valence-corrected chi connectivity index (χ4v) is 2.10. The summed E-state index contributed by atoms with van der Waals surface area (Å²) in [5.74, 6) is 2.67. The van der Waals surface area contributed by atoms with Gasteiger partial charge in [-0.15, -0.1) is 0 Å². The summed E-state index contributed by atoms with van der Waals surface area (Å²) in [6.07, 6.45) is 2.86. The van der Waals surface area contributed by atoms with Gasteiger partial charge < -0.3 is 5.11 Å². The quantitative estimate of drug-likeness (QED) is 0.414. The van der Waals surface area contributed by atoms with Crippen molar-refractivity contribution in [1.29, 1.82) is 0 Å². The molecule has 0 amide bonds. The van der Waals surface area contributed by atoms with Gasteiger partial charge in [0.2, 0.25) is 0 Å². The maximum atomic E-state index is 7.51. The molecule has 0 aliphatic heterocycles. The first kappa shape index (κ1) is 4.80. The largest absolute Gasteiger partial charge is 0.443 e. The van der Waals surface area contributed by atoms with Gasteiger partial charge in [-0.2, -0.15) is 0 Å². The summed E-state index contributed by atoms with van der Waals surface area (Å²) in [4.78, 5) is 0. The van der Waals surface area contributed by atoms with Gasteiger partial charge in [-0.25, -0.2) is 0 Å². The van der Waals surface area contributed by atoms with E-state index in [1.807, 2.05) is 0 Å². The minimum atomic E-state index is 0.315. The molecule has 0 heterocycles. The number of rotatable bonds is 0. The highest BCUT2D eigenvalue weighted by Crippen LogP contribution is 2.54. The summed E-state index contributed by atoms with van der Waals surface area (Å²) < 4.78 is 0. The summed E-state index contributed by atoms with van der Waals surface area (Å²) in [5.41, 5.74) is 0. The Balaban J connectivity index is 2.09. The van der Waals surface area contributed by atoms with Crippen LogP contribution in [-0.2, 0) is 0 Å². The van der Waals surface area contributed by atoms with Crippen LogP contribution in [0.1, 0.15) is 19.8 Å². The second-order valence-corrected chi connectivity index (χ2v) is 3.38. The van der Waals surface area contributed by atoms with Crippen LogP contribution in [0.2, 0.25) is 0 Å². The smallest absolute Gasteiger partial charge is 0.157 e. The Bertz CT molecular complexity index is 95.0. The van der Waals surface area contributed by atoms with Gasteiger partial charge in [0.15, 0.2) is 6.10 Å². The molecule has 2 fully saturated rings. The van der Waals surface area contributed by atoms with E-state index in [4.69, 9.17) is 5.11 Å². The van der Waals surface area contributed by atoms with E-state index < -0.39 is 0 Å². The SMILES string of the molecule is C[C@H]1CC([OH2+])C2CC21. The lowest BCUT2D eigenvalue weighted by Crippen LogP contribution is -2.05. The fraction of sp³-hybridized carbons (Fsp3) is 1.00. The molecule has 0 radical (unpaired) electrons. The van der Waals surface area contributed by atoms with Crippen molar-refractivity contribution in [1.82, 2.24) is 0 Å². The van der Waals surface area contributed by atoms with Gasteiger partial charge in [0.1, 0.15) is 0 Å². The van der Waals surface area contributed by atoms with E-state index in [0.717, 1.165) is 17.8 Å². The Labute approximate surface area is 49.7 Å². The topological polar surface area (TPSA) is 22.9 Å². The molecule has 46 valence electrons. The molecule has 1 heteroatoms. The van der Waals surface area contributed by atoms with Gasteiger partial charge in [0, 0.05) is 12.3 Å². The van der Waals surface area contributed by atoms with Crippen LogP contribution in [0.3, 0.4) is 0 Å². The molecule has 0 aromatic rings. The Morgan fingerprint density at radius 3 is 2.12 bits per heavy atom. The van der Waals surface area contributed by atoms with E-state index in [9.17, 15) is 0 Å². The highest BCUT2D eigenvalue weighted by atomic mass is 16.3. The first-order valence-electron chi connectivity index (χ1n) is 3.50. The van der Waals surface area contributed by atoms with Crippen LogP contribution in [-0.4, -0.2) is 11.2 Å². The van der Waals surface area contributed by atoms with Crippen molar-refractivity contribution in [2.75, 3.05) is 0 Å². The number of fused-ring (bicyclic) bond motifs is 1. The lowest BCUT2D eigenvalue weighted by atomic mass is 10.1. The molecule has 2 saturated carbocycles. The third-order valence-corrected chi connectivity index (χ3v) is 2.76. The van der Waals surface area contributed by atoms with E-state index in [2.05, 4.69) is 6.92 Å². The number of hydrogen-bond donors (Lipinski definition) is 0. The molecule has 3 unspecified atom stereocenters. The minimum absolute atomic E-state index is 0.315. The summed E-state index contributed by atoms with van der Waals surface area (Å²) in [6, 6.07) is 0. The van der Waals surface area contributed by atoms with Crippen LogP contribution >= 0.6 is 0 Å². The molecule has 8 heavy (non-hydrogen) atoms. The van der Waals surface area contributed by atoms with Gasteiger partial charge in [-0.3, -0.25) is 0 Å². The molecule has 4 atom stereocenters. The van der Waals surface area contributed by atoms with Crippen LogP contribution < -0.4 is 0 Å². The zero-order valence-corrected chi connectivity index (χ0v) is 5.22. The van der Waals surface area contributed by atoms with Crippen molar-refractivity contribution in [2.24, 2.45) is 17.8 Å². The molecule has 2 N–H and O–H groups in total. The molecule has 1 nitrogen and oxygen atoms in total. The van der Waals surface area contributed by atoms with Crippen LogP contribution in [0.25, 0.3) is 0 Å². The Morgan fingerprint density at radius 1 is 1.25 bits per heavy atom.